The third-order valence-electron chi connectivity index (χ3n) is 6.55. The Labute approximate surface area is 120 Å². The Morgan fingerprint density at radius 2 is 2.00 bits per heavy atom. The van der Waals surface area contributed by atoms with Crippen LogP contribution in [0.1, 0.15) is 46.0 Å². The van der Waals surface area contributed by atoms with Crippen molar-refractivity contribution in [1.29, 1.82) is 0 Å². The van der Waals surface area contributed by atoms with Gasteiger partial charge in [-0.1, -0.05) is 25.5 Å². The van der Waals surface area contributed by atoms with Crippen molar-refractivity contribution in [2.24, 2.45) is 23.2 Å². The van der Waals surface area contributed by atoms with Crippen LogP contribution < -0.4 is 0 Å². The molecule has 0 amide bonds. The summed E-state index contributed by atoms with van der Waals surface area (Å²) in [4.78, 5) is 12.3. The van der Waals surface area contributed by atoms with Crippen molar-refractivity contribution in [2.45, 2.75) is 51.7 Å². The van der Waals surface area contributed by atoms with E-state index in [1.165, 1.54) is 5.57 Å². The van der Waals surface area contributed by atoms with Crippen molar-refractivity contribution in [3.8, 4) is 0 Å². The van der Waals surface area contributed by atoms with Crippen LogP contribution in [-0.4, -0.2) is 24.8 Å². The summed E-state index contributed by atoms with van der Waals surface area (Å²) in [5.74, 6) is 1.59. The molecule has 3 nitrogen and oxygen atoms in total. The van der Waals surface area contributed by atoms with E-state index < -0.39 is 0 Å². The minimum absolute atomic E-state index is 0.0875. The van der Waals surface area contributed by atoms with Crippen molar-refractivity contribution in [3.05, 3.63) is 11.6 Å². The van der Waals surface area contributed by atoms with Crippen LogP contribution in [0.5, 0.6) is 0 Å². The number of carbonyl (C=O) groups is 1. The van der Waals surface area contributed by atoms with E-state index in [-0.39, 0.29) is 11.2 Å². The topological polar surface area (TPSA) is 35.5 Å². The Kier molecular flexibility index (Phi) is 2.72. The van der Waals surface area contributed by atoms with Gasteiger partial charge >= 0.3 is 0 Å². The van der Waals surface area contributed by atoms with Gasteiger partial charge in [0.05, 0.1) is 13.2 Å². The zero-order chi connectivity index (χ0) is 14.0. The predicted molar refractivity (Wildman–Crippen MR) is 75.1 cm³/mol. The maximum absolute atomic E-state index is 12.3. The van der Waals surface area contributed by atoms with E-state index >= 15 is 0 Å². The van der Waals surface area contributed by atoms with Crippen LogP contribution in [0.3, 0.4) is 0 Å². The lowest BCUT2D eigenvalue weighted by atomic mass is 9.58. The first-order valence-corrected chi connectivity index (χ1v) is 8.08. The lowest BCUT2D eigenvalue weighted by Gasteiger charge is -2.50. The monoisotopic (exact) mass is 276 g/mol. The van der Waals surface area contributed by atoms with E-state index in [9.17, 15) is 4.79 Å². The minimum Gasteiger partial charge on any atom is -0.347 e. The van der Waals surface area contributed by atoms with Gasteiger partial charge < -0.3 is 9.47 Å². The van der Waals surface area contributed by atoms with Gasteiger partial charge in [0, 0.05) is 24.2 Å². The van der Waals surface area contributed by atoms with Gasteiger partial charge in [0.15, 0.2) is 5.79 Å². The van der Waals surface area contributed by atoms with Gasteiger partial charge in [-0.2, -0.15) is 0 Å². The highest BCUT2D eigenvalue weighted by Crippen LogP contribution is 2.58. The molecule has 1 spiro atoms. The van der Waals surface area contributed by atoms with Crippen molar-refractivity contribution in [1.82, 2.24) is 0 Å². The van der Waals surface area contributed by atoms with Crippen LogP contribution in [0.25, 0.3) is 0 Å². The van der Waals surface area contributed by atoms with Crippen LogP contribution in [0.2, 0.25) is 0 Å². The maximum atomic E-state index is 12.3. The fourth-order valence-corrected chi connectivity index (χ4v) is 5.28. The molecule has 0 aromatic rings. The van der Waals surface area contributed by atoms with Gasteiger partial charge in [-0.25, -0.2) is 0 Å². The second kappa shape index (κ2) is 4.17. The predicted octanol–water partition coefficient (Wildman–Crippen LogP) is 3.09. The maximum Gasteiger partial charge on any atom is 0.174 e. The summed E-state index contributed by atoms with van der Waals surface area (Å²) in [6.45, 7) is 5.89. The molecular weight excluding hydrogens is 252 g/mol. The molecule has 4 atom stereocenters. The fourth-order valence-electron chi connectivity index (χ4n) is 5.28. The number of hydrogen-bond donors (Lipinski definition) is 0. The fraction of sp³-hybridized carbons (Fsp3) is 0.824. The zero-order valence-electron chi connectivity index (χ0n) is 12.5. The Morgan fingerprint density at radius 1 is 1.25 bits per heavy atom. The van der Waals surface area contributed by atoms with Crippen LogP contribution in [0.4, 0.5) is 0 Å². The number of ketones is 1. The molecule has 1 saturated heterocycles. The summed E-state index contributed by atoms with van der Waals surface area (Å²) >= 11 is 0. The Hall–Kier alpha value is -0.670. The highest BCUT2D eigenvalue weighted by Gasteiger charge is 2.57. The van der Waals surface area contributed by atoms with Crippen molar-refractivity contribution in [3.63, 3.8) is 0 Å². The molecule has 0 aromatic carbocycles. The second-order valence-electron chi connectivity index (χ2n) is 7.27. The Morgan fingerprint density at radius 3 is 2.75 bits per heavy atom. The average molecular weight is 276 g/mol. The van der Waals surface area contributed by atoms with E-state index in [2.05, 4.69) is 19.9 Å². The SMILES string of the molecule is CC1C2=CC[C@@]3(C)C(=O)CCC3C2CCC12OCCO2. The molecule has 0 N–H and O–H groups in total. The number of hydrogen-bond acceptors (Lipinski definition) is 3. The van der Waals surface area contributed by atoms with E-state index in [1.807, 2.05) is 0 Å². The number of rotatable bonds is 0. The second-order valence-corrected chi connectivity index (χ2v) is 7.27. The number of fused-ring (bicyclic) bond motifs is 3. The minimum atomic E-state index is -0.362. The first kappa shape index (κ1) is 13.0. The lowest BCUT2D eigenvalue weighted by Crippen LogP contribution is -2.49. The number of ether oxygens (including phenoxy) is 2. The molecule has 3 heteroatoms. The zero-order valence-corrected chi connectivity index (χ0v) is 12.5. The van der Waals surface area contributed by atoms with Crippen LogP contribution in [-0.2, 0) is 14.3 Å². The Bertz CT molecular complexity index is 475. The van der Waals surface area contributed by atoms with Crippen LogP contribution >= 0.6 is 0 Å². The highest BCUT2D eigenvalue weighted by atomic mass is 16.7. The molecule has 1 heterocycles. The summed E-state index contributed by atoms with van der Waals surface area (Å²) in [6.07, 6.45) is 7.23. The van der Waals surface area contributed by atoms with Gasteiger partial charge in [-0.15, -0.1) is 0 Å². The summed E-state index contributed by atoms with van der Waals surface area (Å²) in [6, 6.07) is 0. The van der Waals surface area contributed by atoms with Gasteiger partial charge in [0.2, 0.25) is 0 Å². The molecule has 0 radical (unpaired) electrons. The molecule has 110 valence electrons. The summed E-state index contributed by atoms with van der Waals surface area (Å²) < 4.78 is 11.9. The third kappa shape index (κ3) is 1.51. The molecule has 4 rings (SSSR count). The average Bonchev–Trinajstić information content (AvgIpc) is 3.02. The van der Waals surface area contributed by atoms with Gasteiger partial charge in [0.1, 0.15) is 5.78 Å². The molecule has 0 bridgehead atoms. The number of allylic oxidation sites excluding steroid dienone is 1. The van der Waals surface area contributed by atoms with Gasteiger partial charge in [0.25, 0.3) is 0 Å². The molecule has 3 fully saturated rings. The number of Topliss-reactive ketones (excluding diaryl/α,β-unsaturated/α-hetero) is 1. The largest absolute Gasteiger partial charge is 0.347 e. The summed E-state index contributed by atoms with van der Waals surface area (Å²) in [5.41, 5.74) is 1.42. The van der Waals surface area contributed by atoms with E-state index in [4.69, 9.17) is 9.47 Å². The normalized spacial score (nSPS) is 46.2. The standard InChI is InChI=1S/C17H24O3/c1-11-12-5-7-16(2)14(3-4-15(16)18)13(12)6-8-17(11)19-9-10-20-17/h5,11,13-14H,3-4,6-10H2,1-2H3/t11?,13?,14?,16-/m1/s1. The first-order valence-electron chi connectivity index (χ1n) is 8.08. The molecule has 2 saturated carbocycles. The van der Waals surface area contributed by atoms with E-state index in [1.54, 1.807) is 0 Å². The van der Waals surface area contributed by atoms with Crippen LogP contribution in [0, 0.1) is 23.2 Å². The van der Waals surface area contributed by atoms with Crippen molar-refractivity contribution < 1.29 is 14.3 Å². The summed E-state index contributed by atoms with van der Waals surface area (Å²) in [5, 5.41) is 0. The van der Waals surface area contributed by atoms with E-state index in [0.29, 0.717) is 23.5 Å². The lowest BCUT2D eigenvalue weighted by molar-refractivity contribution is -0.203. The molecular formula is C17H24O3. The Balaban J connectivity index is 1.69. The van der Waals surface area contributed by atoms with Crippen LogP contribution in [0.15, 0.2) is 11.6 Å². The molecule has 3 aliphatic carbocycles. The quantitative estimate of drug-likeness (QED) is 0.638. The van der Waals surface area contributed by atoms with E-state index in [0.717, 1.165) is 45.3 Å². The molecule has 3 unspecified atom stereocenters. The third-order valence-corrected chi connectivity index (χ3v) is 6.55. The smallest absolute Gasteiger partial charge is 0.174 e. The highest BCUT2D eigenvalue weighted by molar-refractivity contribution is 5.87. The molecule has 4 aliphatic rings. The molecule has 1 aliphatic heterocycles. The molecule has 0 aromatic heterocycles. The van der Waals surface area contributed by atoms with Gasteiger partial charge in [-0.3, -0.25) is 4.79 Å². The van der Waals surface area contributed by atoms with Crippen molar-refractivity contribution in [2.75, 3.05) is 13.2 Å². The molecule has 20 heavy (non-hydrogen) atoms. The number of carbonyl (C=O) groups excluding carboxylic acids is 1. The van der Waals surface area contributed by atoms with Crippen molar-refractivity contribution >= 4 is 5.78 Å². The first-order chi connectivity index (χ1) is 9.57. The summed E-state index contributed by atoms with van der Waals surface area (Å²) in [7, 11) is 0. The van der Waals surface area contributed by atoms with Gasteiger partial charge in [-0.05, 0) is 31.1 Å².